The highest BCUT2D eigenvalue weighted by Crippen LogP contribution is 2.20. The number of hydrogen-bond donors (Lipinski definition) is 1. The van der Waals surface area contributed by atoms with E-state index >= 15 is 0 Å². The lowest BCUT2D eigenvalue weighted by atomic mass is 10.1. The molecule has 0 saturated heterocycles. The normalized spacial score (nSPS) is 13.2. The Bertz CT molecular complexity index is 699. The van der Waals surface area contributed by atoms with Crippen LogP contribution in [0.1, 0.15) is 24.1 Å². The fourth-order valence-corrected chi connectivity index (χ4v) is 3.55. The number of hydrogen-bond acceptors (Lipinski definition) is 2. The van der Waals surface area contributed by atoms with E-state index in [1.165, 1.54) is 0 Å². The van der Waals surface area contributed by atoms with E-state index in [2.05, 4.69) is 27.3 Å². The minimum Gasteiger partial charge on any atom is -0.207 e. The zero-order chi connectivity index (χ0) is 14.8. The Morgan fingerprint density at radius 1 is 1.10 bits per heavy atom. The van der Waals surface area contributed by atoms with E-state index in [-0.39, 0.29) is 6.04 Å². The van der Waals surface area contributed by atoms with Gasteiger partial charge in [0.2, 0.25) is 10.0 Å². The molecule has 0 aliphatic heterocycles. The van der Waals surface area contributed by atoms with Gasteiger partial charge in [0.05, 0.1) is 4.90 Å². The maximum atomic E-state index is 12.4. The van der Waals surface area contributed by atoms with Crippen LogP contribution < -0.4 is 4.72 Å². The van der Waals surface area contributed by atoms with Crippen LogP contribution >= 0.6 is 22.6 Å². The molecule has 0 aliphatic rings. The van der Waals surface area contributed by atoms with Crippen LogP contribution in [0.25, 0.3) is 0 Å². The molecule has 0 aromatic heterocycles. The van der Waals surface area contributed by atoms with Crippen LogP contribution in [0.2, 0.25) is 0 Å². The minimum atomic E-state index is -3.50. The van der Waals surface area contributed by atoms with Gasteiger partial charge in [-0.2, -0.15) is 0 Å². The van der Waals surface area contributed by atoms with Gasteiger partial charge in [0.1, 0.15) is 0 Å². The lowest BCUT2D eigenvalue weighted by Gasteiger charge is -2.15. The summed E-state index contributed by atoms with van der Waals surface area (Å²) in [6, 6.07) is 14.4. The van der Waals surface area contributed by atoms with Crippen molar-refractivity contribution < 1.29 is 8.42 Å². The van der Waals surface area contributed by atoms with Crippen molar-refractivity contribution in [3.63, 3.8) is 0 Å². The fourth-order valence-electron chi connectivity index (χ4n) is 1.89. The second-order valence-electron chi connectivity index (χ2n) is 4.66. The first kappa shape index (κ1) is 15.5. The van der Waals surface area contributed by atoms with Gasteiger partial charge < -0.3 is 0 Å². The molecule has 0 fully saturated rings. The summed E-state index contributed by atoms with van der Waals surface area (Å²) in [6.07, 6.45) is 0. The largest absolute Gasteiger partial charge is 0.241 e. The first-order valence-electron chi connectivity index (χ1n) is 6.23. The third kappa shape index (κ3) is 3.59. The highest BCUT2D eigenvalue weighted by atomic mass is 127. The van der Waals surface area contributed by atoms with Gasteiger partial charge in [0, 0.05) is 9.61 Å². The van der Waals surface area contributed by atoms with Crippen molar-refractivity contribution in [2.24, 2.45) is 0 Å². The number of halogens is 1. The van der Waals surface area contributed by atoms with Gasteiger partial charge in [-0.1, -0.05) is 30.3 Å². The van der Waals surface area contributed by atoms with Gasteiger partial charge >= 0.3 is 0 Å². The molecule has 0 aliphatic carbocycles. The molecule has 20 heavy (non-hydrogen) atoms. The van der Waals surface area contributed by atoms with E-state index in [0.717, 1.165) is 14.7 Å². The Balaban J connectivity index is 2.25. The third-order valence-corrected chi connectivity index (χ3v) is 5.82. The average Bonchev–Trinajstić information content (AvgIpc) is 2.42. The Morgan fingerprint density at radius 2 is 1.75 bits per heavy atom. The lowest BCUT2D eigenvalue weighted by molar-refractivity contribution is 0.567. The molecule has 5 heteroatoms. The van der Waals surface area contributed by atoms with Gasteiger partial charge in [-0.05, 0) is 65.8 Å². The van der Waals surface area contributed by atoms with Gasteiger partial charge in [-0.15, -0.1) is 0 Å². The molecular formula is C15H16INO2S. The molecule has 0 unspecified atom stereocenters. The monoisotopic (exact) mass is 401 g/mol. The van der Waals surface area contributed by atoms with Crippen molar-refractivity contribution in [1.29, 1.82) is 0 Å². The molecular weight excluding hydrogens is 385 g/mol. The summed E-state index contributed by atoms with van der Waals surface area (Å²) >= 11 is 2.19. The van der Waals surface area contributed by atoms with Crippen LogP contribution in [0.15, 0.2) is 53.4 Å². The topological polar surface area (TPSA) is 46.2 Å². The number of benzene rings is 2. The first-order chi connectivity index (χ1) is 9.40. The maximum Gasteiger partial charge on any atom is 0.241 e. The molecule has 0 bridgehead atoms. The molecule has 0 heterocycles. The summed E-state index contributed by atoms with van der Waals surface area (Å²) in [7, 11) is -3.50. The van der Waals surface area contributed by atoms with E-state index in [4.69, 9.17) is 0 Å². The SMILES string of the molecule is Cc1cc(S(=O)(=O)N[C@@H](C)c2ccccc2)ccc1I. The number of rotatable bonds is 4. The van der Waals surface area contributed by atoms with Crippen LogP contribution in [0.5, 0.6) is 0 Å². The summed E-state index contributed by atoms with van der Waals surface area (Å²) in [5.41, 5.74) is 1.90. The van der Waals surface area contributed by atoms with E-state index in [1.807, 2.05) is 50.2 Å². The Morgan fingerprint density at radius 3 is 2.35 bits per heavy atom. The summed E-state index contributed by atoms with van der Waals surface area (Å²) < 4.78 is 28.5. The Kier molecular flexibility index (Phi) is 4.82. The minimum absolute atomic E-state index is 0.263. The van der Waals surface area contributed by atoms with Gasteiger partial charge in [-0.3, -0.25) is 0 Å². The third-order valence-electron chi connectivity index (χ3n) is 3.07. The first-order valence-corrected chi connectivity index (χ1v) is 8.80. The zero-order valence-corrected chi connectivity index (χ0v) is 14.3. The van der Waals surface area contributed by atoms with Crippen LogP contribution in [-0.4, -0.2) is 8.42 Å². The summed E-state index contributed by atoms with van der Waals surface area (Å²) in [5.74, 6) is 0. The van der Waals surface area contributed by atoms with Crippen LogP contribution in [0.3, 0.4) is 0 Å². The van der Waals surface area contributed by atoms with Gasteiger partial charge in [0.25, 0.3) is 0 Å². The smallest absolute Gasteiger partial charge is 0.207 e. The van der Waals surface area contributed by atoms with Crippen LogP contribution in [-0.2, 0) is 10.0 Å². The predicted octanol–water partition coefficient (Wildman–Crippen LogP) is 3.64. The maximum absolute atomic E-state index is 12.4. The number of nitrogens with one attached hydrogen (secondary N) is 1. The molecule has 106 valence electrons. The summed E-state index contributed by atoms with van der Waals surface area (Å²) in [5, 5.41) is 0. The second kappa shape index (κ2) is 6.24. The molecule has 1 N–H and O–H groups in total. The van der Waals surface area contributed by atoms with Crippen molar-refractivity contribution in [3.05, 3.63) is 63.2 Å². The van der Waals surface area contributed by atoms with Crippen molar-refractivity contribution in [3.8, 4) is 0 Å². The zero-order valence-electron chi connectivity index (χ0n) is 11.3. The Labute approximate surface area is 133 Å². The molecule has 2 aromatic carbocycles. The van der Waals surface area contributed by atoms with Gasteiger partial charge in [-0.25, -0.2) is 13.1 Å². The Hall–Kier alpha value is -0.920. The van der Waals surface area contributed by atoms with Crippen molar-refractivity contribution >= 4 is 32.6 Å². The van der Waals surface area contributed by atoms with E-state index in [0.29, 0.717) is 4.90 Å². The number of sulfonamides is 1. The van der Waals surface area contributed by atoms with Crippen molar-refractivity contribution in [1.82, 2.24) is 4.72 Å². The van der Waals surface area contributed by atoms with Crippen LogP contribution in [0.4, 0.5) is 0 Å². The van der Waals surface area contributed by atoms with E-state index in [9.17, 15) is 8.42 Å². The molecule has 0 radical (unpaired) electrons. The molecule has 0 spiro atoms. The standard InChI is InChI=1S/C15H16INO2S/c1-11-10-14(8-9-15(11)16)20(18,19)17-12(2)13-6-4-3-5-7-13/h3-10,12,17H,1-2H3/t12-/m0/s1. The molecule has 0 amide bonds. The van der Waals surface area contributed by atoms with Crippen molar-refractivity contribution in [2.75, 3.05) is 0 Å². The predicted molar refractivity (Wildman–Crippen MR) is 89.1 cm³/mol. The second-order valence-corrected chi connectivity index (χ2v) is 7.54. The molecule has 0 saturated carbocycles. The molecule has 1 atom stereocenters. The lowest BCUT2D eigenvalue weighted by Crippen LogP contribution is -2.27. The van der Waals surface area contributed by atoms with E-state index in [1.54, 1.807) is 12.1 Å². The molecule has 2 rings (SSSR count). The van der Waals surface area contributed by atoms with Gasteiger partial charge in [0.15, 0.2) is 0 Å². The highest BCUT2D eigenvalue weighted by Gasteiger charge is 2.18. The average molecular weight is 401 g/mol. The highest BCUT2D eigenvalue weighted by molar-refractivity contribution is 14.1. The summed E-state index contributed by atoms with van der Waals surface area (Å²) in [6.45, 7) is 3.74. The van der Waals surface area contributed by atoms with E-state index < -0.39 is 10.0 Å². The van der Waals surface area contributed by atoms with Crippen molar-refractivity contribution in [2.45, 2.75) is 24.8 Å². The summed E-state index contributed by atoms with van der Waals surface area (Å²) in [4.78, 5) is 0.304. The fraction of sp³-hybridized carbons (Fsp3) is 0.200. The number of aryl methyl sites for hydroxylation is 1. The quantitative estimate of drug-likeness (QED) is 0.796. The van der Waals surface area contributed by atoms with Crippen LogP contribution in [0, 0.1) is 10.5 Å². The molecule has 2 aromatic rings. The molecule has 3 nitrogen and oxygen atoms in total.